The molecule has 2 fully saturated rings. The summed E-state index contributed by atoms with van der Waals surface area (Å²) in [6.45, 7) is 10.4. The second-order valence-electron chi connectivity index (χ2n) is 13.8. The third-order valence-corrected chi connectivity index (χ3v) is 9.56. The third kappa shape index (κ3) is 7.45. The Bertz CT molecular complexity index is 2020. The van der Waals surface area contributed by atoms with E-state index in [1.54, 1.807) is 35.9 Å². The van der Waals surface area contributed by atoms with Gasteiger partial charge in [-0.3, -0.25) is 9.69 Å². The van der Waals surface area contributed by atoms with Crippen molar-refractivity contribution in [2.75, 3.05) is 57.4 Å². The number of nitrogens with zero attached hydrogens (tertiary/aromatic N) is 5. The zero-order chi connectivity index (χ0) is 35.6. The van der Waals surface area contributed by atoms with Gasteiger partial charge in [0.1, 0.15) is 35.2 Å². The number of halogens is 1. The van der Waals surface area contributed by atoms with E-state index in [-0.39, 0.29) is 24.8 Å². The Kier molecular flexibility index (Phi) is 10.4. The second-order valence-corrected chi connectivity index (χ2v) is 14.2. The maximum absolute atomic E-state index is 14.3. The molecule has 264 valence electrons. The molecule has 0 saturated carbocycles. The van der Waals surface area contributed by atoms with Gasteiger partial charge in [-0.2, -0.15) is 5.26 Å². The molecule has 1 amide bonds. The van der Waals surface area contributed by atoms with E-state index in [0.717, 1.165) is 31.5 Å². The number of piperidine rings is 1. The van der Waals surface area contributed by atoms with E-state index < -0.39 is 17.7 Å². The lowest BCUT2D eigenvalue weighted by atomic mass is 10.0. The van der Waals surface area contributed by atoms with E-state index >= 15 is 0 Å². The van der Waals surface area contributed by atoms with Crippen LogP contribution in [0.2, 0.25) is 5.02 Å². The largest absolute Gasteiger partial charge is 0.461 e. The number of aryl methyl sites for hydroxylation is 1. The number of anilines is 1. The summed E-state index contributed by atoms with van der Waals surface area (Å²) in [5.74, 6) is 0.0738. The van der Waals surface area contributed by atoms with Crippen molar-refractivity contribution in [1.82, 2.24) is 19.4 Å². The quantitative estimate of drug-likeness (QED) is 0.251. The van der Waals surface area contributed by atoms with Gasteiger partial charge in [-0.1, -0.05) is 29.8 Å². The molecule has 4 aromatic rings. The van der Waals surface area contributed by atoms with Crippen molar-refractivity contribution in [2.24, 2.45) is 7.05 Å². The Morgan fingerprint density at radius 1 is 1.12 bits per heavy atom. The van der Waals surface area contributed by atoms with Crippen molar-refractivity contribution in [3.8, 4) is 6.07 Å². The lowest BCUT2D eigenvalue weighted by Crippen LogP contribution is -2.49. The number of esters is 1. The number of nitriles is 1. The highest BCUT2D eigenvalue weighted by atomic mass is 35.5. The van der Waals surface area contributed by atoms with Gasteiger partial charge in [-0.25, -0.2) is 9.59 Å². The zero-order valence-electron chi connectivity index (χ0n) is 29.0. The van der Waals surface area contributed by atoms with Crippen molar-refractivity contribution in [3.63, 3.8) is 0 Å². The lowest BCUT2D eigenvalue weighted by molar-refractivity contribution is 0.0195. The summed E-state index contributed by atoms with van der Waals surface area (Å²) in [5.41, 5.74) is 1.37. The predicted molar refractivity (Wildman–Crippen MR) is 192 cm³/mol. The maximum Gasteiger partial charge on any atom is 0.407 e. The van der Waals surface area contributed by atoms with Gasteiger partial charge in [-0.05, 0) is 63.4 Å². The fourth-order valence-corrected chi connectivity index (χ4v) is 7.03. The molecule has 0 bridgehead atoms. The summed E-state index contributed by atoms with van der Waals surface area (Å²) in [5, 5.41) is 15.4. The first-order valence-corrected chi connectivity index (χ1v) is 17.4. The van der Waals surface area contributed by atoms with Crippen LogP contribution >= 0.6 is 11.6 Å². The van der Waals surface area contributed by atoms with Gasteiger partial charge in [0.15, 0.2) is 0 Å². The van der Waals surface area contributed by atoms with E-state index in [1.165, 1.54) is 0 Å². The van der Waals surface area contributed by atoms with Gasteiger partial charge in [0, 0.05) is 61.6 Å². The number of benzene rings is 2. The van der Waals surface area contributed by atoms with Gasteiger partial charge in [0.25, 0.3) is 5.56 Å². The van der Waals surface area contributed by atoms with Crippen LogP contribution in [0.4, 0.5) is 10.6 Å². The van der Waals surface area contributed by atoms with Crippen LogP contribution in [0, 0.1) is 11.3 Å². The Hall–Kier alpha value is -4.57. The molecular weight excluding hydrogens is 660 g/mol. The standard InChI is InChI=1S/C37H43ClN6O6/c1-37(2,3)50-36(47)40-26-9-7-13-43(23-26)33-28(21-39)31-27-20-24(35(46)49-19-16-42-14-17-48-18-15-42)11-12-30(27)41(4)34(45)32(31)44(33)22-25-8-5-6-10-29(25)38/h5-6,8,10-12,20,26H,7,9,13-19,22-23H2,1-4H3,(H,40,47)/t26-/m1/s1. The van der Waals surface area contributed by atoms with Crippen LogP contribution in [-0.4, -0.2) is 90.3 Å². The fourth-order valence-electron chi connectivity index (χ4n) is 6.84. The van der Waals surface area contributed by atoms with Gasteiger partial charge in [-0.15, -0.1) is 0 Å². The molecule has 2 aromatic heterocycles. The summed E-state index contributed by atoms with van der Waals surface area (Å²) < 4.78 is 20.0. The smallest absolute Gasteiger partial charge is 0.407 e. The van der Waals surface area contributed by atoms with Crippen LogP contribution < -0.4 is 15.8 Å². The number of carbonyl (C=O) groups excluding carboxylic acids is 2. The highest BCUT2D eigenvalue weighted by Gasteiger charge is 2.32. The van der Waals surface area contributed by atoms with Gasteiger partial charge in [0.05, 0.1) is 30.8 Å². The number of alkyl carbamates (subject to hydrolysis) is 1. The molecule has 1 N–H and O–H groups in total. The molecule has 50 heavy (non-hydrogen) atoms. The van der Waals surface area contributed by atoms with Gasteiger partial charge < -0.3 is 33.6 Å². The number of pyridine rings is 1. The average Bonchev–Trinajstić information content (AvgIpc) is 3.41. The minimum absolute atomic E-state index is 0.220. The van der Waals surface area contributed by atoms with E-state index in [9.17, 15) is 19.6 Å². The fraction of sp³-hybridized carbons (Fsp3) is 0.459. The summed E-state index contributed by atoms with van der Waals surface area (Å²) in [6, 6.07) is 14.6. The SMILES string of the molecule is Cn1c(=O)c2c(c(C#N)c(N3CCC[C@@H](NC(=O)OC(C)(C)C)C3)n2Cc2ccccc2Cl)c2cc(C(=O)OCCN3CCOCC3)ccc21. The number of hydrogen-bond acceptors (Lipinski definition) is 9. The van der Waals surface area contributed by atoms with Crippen molar-refractivity contribution in [1.29, 1.82) is 5.26 Å². The van der Waals surface area contributed by atoms with Crippen LogP contribution in [0.3, 0.4) is 0 Å². The Balaban J connectivity index is 1.45. The maximum atomic E-state index is 14.3. The molecule has 0 aliphatic carbocycles. The number of fused-ring (bicyclic) bond motifs is 3. The highest BCUT2D eigenvalue weighted by molar-refractivity contribution is 6.31. The lowest BCUT2D eigenvalue weighted by Gasteiger charge is -2.35. The first-order chi connectivity index (χ1) is 23.9. The molecule has 6 rings (SSSR count). The number of morpholine rings is 1. The minimum atomic E-state index is -0.650. The first-order valence-electron chi connectivity index (χ1n) is 17.0. The van der Waals surface area contributed by atoms with Crippen molar-refractivity contribution in [3.05, 3.63) is 74.5 Å². The topological polar surface area (TPSA) is 131 Å². The number of hydrogen-bond donors (Lipinski definition) is 1. The van der Waals surface area contributed by atoms with E-state index in [1.807, 2.05) is 43.5 Å². The van der Waals surface area contributed by atoms with E-state index in [4.69, 9.17) is 25.8 Å². The number of aromatic nitrogens is 2. The number of nitrogens with one attached hydrogen (secondary N) is 1. The zero-order valence-corrected chi connectivity index (χ0v) is 29.7. The Labute approximate surface area is 296 Å². The van der Waals surface area contributed by atoms with Crippen LogP contribution in [0.15, 0.2) is 47.3 Å². The predicted octanol–water partition coefficient (Wildman–Crippen LogP) is 5.05. The number of carbonyl (C=O) groups is 2. The number of rotatable bonds is 8. The molecule has 0 unspecified atom stereocenters. The monoisotopic (exact) mass is 702 g/mol. The van der Waals surface area contributed by atoms with E-state index in [2.05, 4.69) is 21.2 Å². The molecule has 2 aliphatic rings. The molecule has 12 nitrogen and oxygen atoms in total. The number of amides is 1. The average molecular weight is 703 g/mol. The normalized spacial score (nSPS) is 17.1. The van der Waals surface area contributed by atoms with Crippen LogP contribution in [-0.2, 0) is 27.8 Å². The highest BCUT2D eigenvalue weighted by Crippen LogP contribution is 2.38. The van der Waals surface area contributed by atoms with Gasteiger partial charge in [0.2, 0.25) is 0 Å². The van der Waals surface area contributed by atoms with E-state index in [0.29, 0.717) is 76.6 Å². The Morgan fingerprint density at radius 2 is 1.88 bits per heavy atom. The molecular formula is C37H43ClN6O6. The second kappa shape index (κ2) is 14.7. The van der Waals surface area contributed by atoms with Crippen LogP contribution in [0.5, 0.6) is 0 Å². The molecule has 2 aliphatic heterocycles. The van der Waals surface area contributed by atoms with Crippen LogP contribution in [0.1, 0.15) is 55.1 Å². The summed E-state index contributed by atoms with van der Waals surface area (Å²) >= 11 is 6.65. The first kappa shape index (κ1) is 35.3. The summed E-state index contributed by atoms with van der Waals surface area (Å²) in [7, 11) is 1.69. The number of ether oxygens (including phenoxy) is 3. The summed E-state index contributed by atoms with van der Waals surface area (Å²) in [4.78, 5) is 44.5. The molecule has 1 atom stereocenters. The molecule has 2 saturated heterocycles. The molecule has 13 heteroatoms. The van der Waals surface area contributed by atoms with Crippen LogP contribution in [0.25, 0.3) is 21.8 Å². The molecule has 4 heterocycles. The van der Waals surface area contributed by atoms with Crippen molar-refractivity contribution >= 4 is 51.3 Å². The summed E-state index contributed by atoms with van der Waals surface area (Å²) in [6.07, 6.45) is 0.952. The third-order valence-electron chi connectivity index (χ3n) is 9.19. The Morgan fingerprint density at radius 3 is 2.60 bits per heavy atom. The molecule has 0 spiro atoms. The van der Waals surface area contributed by atoms with Crippen molar-refractivity contribution in [2.45, 2.75) is 51.8 Å². The molecule has 2 aromatic carbocycles. The van der Waals surface area contributed by atoms with Gasteiger partial charge >= 0.3 is 12.1 Å². The minimum Gasteiger partial charge on any atom is -0.461 e. The van der Waals surface area contributed by atoms with Crippen molar-refractivity contribution < 1.29 is 23.8 Å². The molecule has 0 radical (unpaired) electrons.